The van der Waals surface area contributed by atoms with Crippen molar-refractivity contribution in [1.29, 1.82) is 0 Å². The normalized spacial score (nSPS) is 16.8. The Morgan fingerprint density at radius 3 is 1.84 bits per heavy atom. The molecule has 11 rings (SSSR count). The summed E-state index contributed by atoms with van der Waals surface area (Å²) in [5.41, 5.74) is 19.2. The van der Waals surface area contributed by atoms with Gasteiger partial charge in [0.2, 0.25) is 0 Å². The molecule has 8 aromatic rings. The molecule has 3 aliphatic carbocycles. The Morgan fingerprint density at radius 2 is 1.11 bits per heavy atom. The number of benzene rings is 7. The highest BCUT2D eigenvalue weighted by Gasteiger charge is 2.53. The Hall–Kier alpha value is -6.57. The van der Waals surface area contributed by atoms with Crippen LogP contribution in [0.5, 0.6) is 0 Å². The van der Waals surface area contributed by atoms with Crippen molar-refractivity contribution in [2.24, 2.45) is 5.92 Å². The van der Waals surface area contributed by atoms with Gasteiger partial charge >= 0.3 is 0 Å². The van der Waals surface area contributed by atoms with Gasteiger partial charge in [0, 0.05) is 16.5 Å². The van der Waals surface area contributed by atoms with Gasteiger partial charge in [-0.1, -0.05) is 185 Å². The summed E-state index contributed by atoms with van der Waals surface area (Å²) in [4.78, 5) is 5.54. The molecule has 0 aliphatic heterocycles. The predicted molar refractivity (Wildman–Crippen MR) is 238 cm³/mol. The highest BCUT2D eigenvalue weighted by Crippen LogP contribution is 2.63. The van der Waals surface area contributed by atoms with Crippen LogP contribution in [0.2, 0.25) is 0 Å². The maximum atomic E-state index is 5.54. The predicted octanol–water partition coefficient (Wildman–Crippen LogP) is 14.2. The van der Waals surface area contributed by atoms with Crippen LogP contribution in [-0.2, 0) is 10.8 Å². The maximum absolute atomic E-state index is 5.54. The van der Waals surface area contributed by atoms with Gasteiger partial charge in [-0.25, -0.2) is 4.98 Å². The summed E-state index contributed by atoms with van der Waals surface area (Å²) in [7, 11) is 0. The van der Waals surface area contributed by atoms with Crippen molar-refractivity contribution in [2.75, 3.05) is 0 Å². The van der Waals surface area contributed by atoms with Crippen LogP contribution >= 0.6 is 0 Å². The molecule has 1 heteroatoms. The Labute approximate surface area is 335 Å². The second-order valence-electron chi connectivity index (χ2n) is 16.7. The SMILES string of the molecule is CC1C=CC(c2cc(-c3ccccc3)nc(-c3cccc4c3-c3cc(-c5ccc6ccccc6c5)ccc3C43c4ccccc4C(C)(C)c4ccccc43)c2)=CC1. The molecule has 0 bridgehead atoms. The molecule has 0 amide bonds. The molecule has 0 saturated heterocycles. The van der Waals surface area contributed by atoms with Crippen LogP contribution in [0.25, 0.3) is 61.1 Å². The van der Waals surface area contributed by atoms with E-state index in [1.54, 1.807) is 0 Å². The van der Waals surface area contributed by atoms with Gasteiger partial charge in [0.05, 0.1) is 16.8 Å². The Bertz CT molecular complexity index is 2930. The molecule has 3 aliphatic rings. The van der Waals surface area contributed by atoms with Crippen LogP contribution < -0.4 is 0 Å². The van der Waals surface area contributed by atoms with Crippen molar-refractivity contribution in [3.63, 3.8) is 0 Å². The quantitative estimate of drug-likeness (QED) is 0.176. The molecule has 0 fully saturated rings. The fourth-order valence-electron chi connectivity index (χ4n) is 10.3. The van der Waals surface area contributed by atoms with E-state index in [1.165, 1.54) is 77.5 Å². The minimum Gasteiger partial charge on any atom is -0.248 e. The first kappa shape index (κ1) is 33.7. The minimum absolute atomic E-state index is 0.163. The van der Waals surface area contributed by atoms with E-state index >= 15 is 0 Å². The summed E-state index contributed by atoms with van der Waals surface area (Å²) < 4.78 is 0. The Kier molecular flexibility index (Phi) is 7.54. The van der Waals surface area contributed by atoms with Gasteiger partial charge in [-0.3, -0.25) is 0 Å². The highest BCUT2D eigenvalue weighted by molar-refractivity contribution is 5.98. The van der Waals surface area contributed by atoms with Gasteiger partial charge in [-0.2, -0.15) is 0 Å². The van der Waals surface area contributed by atoms with Crippen molar-refractivity contribution in [1.82, 2.24) is 4.98 Å². The molecule has 1 aromatic heterocycles. The summed E-state index contributed by atoms with van der Waals surface area (Å²) in [6, 6.07) is 63.4. The number of nitrogens with zero attached hydrogens (tertiary/aromatic N) is 1. The van der Waals surface area contributed by atoms with E-state index in [1.807, 2.05) is 0 Å². The van der Waals surface area contributed by atoms with Crippen molar-refractivity contribution in [2.45, 2.75) is 38.0 Å². The lowest BCUT2D eigenvalue weighted by Gasteiger charge is -2.46. The zero-order valence-electron chi connectivity index (χ0n) is 32.6. The first-order valence-electron chi connectivity index (χ1n) is 20.4. The summed E-state index contributed by atoms with van der Waals surface area (Å²) in [6.45, 7) is 7.07. The summed E-state index contributed by atoms with van der Waals surface area (Å²) >= 11 is 0. The average Bonchev–Trinajstić information content (AvgIpc) is 3.56. The standard InChI is InChI=1S/C56H43N/c1-36-24-26-38(27-25-36)43-34-52(39-15-5-4-6-16-39)57-53(35-43)44-18-13-23-51-54(44)45-33-42(41-29-28-37-14-7-8-17-40(37)32-41)30-31-46(45)56(51)49-21-11-9-19-47(49)55(2,3)48-20-10-12-22-50(48)56/h4-24,26-36H,25H2,1-3H3. The molecule has 1 atom stereocenters. The minimum atomic E-state index is -0.504. The molecular formula is C56H43N. The molecule has 0 saturated carbocycles. The molecule has 7 aromatic carbocycles. The van der Waals surface area contributed by atoms with Gasteiger partial charge in [0.15, 0.2) is 0 Å². The summed E-state index contributed by atoms with van der Waals surface area (Å²) in [6.07, 6.45) is 8.07. The lowest BCUT2D eigenvalue weighted by atomic mass is 9.55. The van der Waals surface area contributed by atoms with E-state index in [-0.39, 0.29) is 5.41 Å². The third-order valence-corrected chi connectivity index (χ3v) is 13.1. The van der Waals surface area contributed by atoms with Crippen LogP contribution in [0.4, 0.5) is 0 Å². The molecule has 1 heterocycles. The molecular weight excluding hydrogens is 687 g/mol. The van der Waals surface area contributed by atoms with Gasteiger partial charge in [0.1, 0.15) is 0 Å². The molecule has 1 spiro atoms. The third kappa shape index (κ3) is 5.05. The number of rotatable bonds is 4. The van der Waals surface area contributed by atoms with E-state index in [0.717, 1.165) is 28.9 Å². The molecule has 0 radical (unpaired) electrons. The van der Waals surface area contributed by atoms with Gasteiger partial charge in [-0.15, -0.1) is 0 Å². The van der Waals surface area contributed by atoms with Crippen LogP contribution in [-0.4, -0.2) is 4.98 Å². The second-order valence-corrected chi connectivity index (χ2v) is 16.7. The van der Waals surface area contributed by atoms with Gasteiger partial charge in [0.25, 0.3) is 0 Å². The third-order valence-electron chi connectivity index (χ3n) is 13.1. The van der Waals surface area contributed by atoms with E-state index in [2.05, 4.69) is 209 Å². The van der Waals surface area contributed by atoms with Gasteiger partial charge in [-0.05, 0) is 114 Å². The van der Waals surface area contributed by atoms with Crippen molar-refractivity contribution >= 4 is 16.3 Å². The second kappa shape index (κ2) is 12.7. The molecule has 0 N–H and O–H groups in total. The smallest absolute Gasteiger partial charge is 0.0722 e. The van der Waals surface area contributed by atoms with Crippen LogP contribution in [0.3, 0.4) is 0 Å². The molecule has 57 heavy (non-hydrogen) atoms. The monoisotopic (exact) mass is 729 g/mol. The zero-order chi connectivity index (χ0) is 38.3. The topological polar surface area (TPSA) is 12.9 Å². The Morgan fingerprint density at radius 1 is 0.474 bits per heavy atom. The van der Waals surface area contributed by atoms with Crippen molar-refractivity contribution in [3.05, 3.63) is 227 Å². The number of aromatic nitrogens is 1. The number of allylic oxidation sites excluding steroid dienone is 4. The number of fused-ring (bicyclic) bond motifs is 10. The average molecular weight is 730 g/mol. The van der Waals surface area contributed by atoms with E-state index < -0.39 is 5.41 Å². The fourth-order valence-corrected chi connectivity index (χ4v) is 10.3. The first-order valence-corrected chi connectivity index (χ1v) is 20.4. The zero-order valence-corrected chi connectivity index (χ0v) is 32.6. The summed E-state index contributed by atoms with van der Waals surface area (Å²) in [5.74, 6) is 0.539. The largest absolute Gasteiger partial charge is 0.248 e. The summed E-state index contributed by atoms with van der Waals surface area (Å²) in [5, 5.41) is 2.50. The molecule has 1 nitrogen and oxygen atoms in total. The van der Waals surface area contributed by atoms with Crippen molar-refractivity contribution in [3.8, 4) is 44.8 Å². The van der Waals surface area contributed by atoms with Gasteiger partial charge < -0.3 is 0 Å². The van der Waals surface area contributed by atoms with Crippen LogP contribution in [0.15, 0.2) is 188 Å². The fraction of sp³-hybridized carbons (Fsp3) is 0.125. The lowest BCUT2D eigenvalue weighted by molar-refractivity contribution is 0.563. The molecule has 1 unspecified atom stereocenters. The van der Waals surface area contributed by atoms with E-state index in [0.29, 0.717) is 5.92 Å². The highest BCUT2D eigenvalue weighted by atomic mass is 14.7. The van der Waals surface area contributed by atoms with Crippen LogP contribution in [0, 0.1) is 5.92 Å². The van der Waals surface area contributed by atoms with Crippen LogP contribution in [0.1, 0.15) is 66.1 Å². The maximum Gasteiger partial charge on any atom is 0.0722 e. The van der Waals surface area contributed by atoms with E-state index in [4.69, 9.17) is 4.98 Å². The Balaban J connectivity index is 1.23. The van der Waals surface area contributed by atoms with Crippen molar-refractivity contribution < 1.29 is 0 Å². The lowest BCUT2D eigenvalue weighted by Crippen LogP contribution is -2.40. The van der Waals surface area contributed by atoms with E-state index in [9.17, 15) is 0 Å². The number of hydrogen-bond donors (Lipinski definition) is 0. The molecule has 272 valence electrons. The number of hydrogen-bond acceptors (Lipinski definition) is 1. The number of pyridine rings is 1. The first-order chi connectivity index (χ1) is 27.9.